The highest BCUT2D eigenvalue weighted by molar-refractivity contribution is 7.47. The summed E-state index contributed by atoms with van der Waals surface area (Å²) in [5, 5.41) is 20.6. The Labute approximate surface area is 601 Å². The SMILES string of the molecule is CC/C=C\C/C=C\C/C=C\C/C=C\C/C=C\C/C=C\CCCCCCCCC(=O)OCC(O)COP(=O)(O)OCC(O)COP(=O)(O)OCC(COC(=O)CCCCCCCCC/C=C\C/C=C\C/C=C\C/C=C\C/C=C\CC)OC(=O)CCCCCCCCCCCCCCCCC. The maximum absolute atomic E-state index is 13.0. The van der Waals surface area contributed by atoms with Gasteiger partial charge < -0.3 is 34.2 Å². The summed E-state index contributed by atoms with van der Waals surface area (Å²) in [4.78, 5) is 58.6. The molecule has 0 aliphatic heterocycles. The van der Waals surface area contributed by atoms with E-state index in [2.05, 4.69) is 154 Å². The van der Waals surface area contributed by atoms with Crippen molar-refractivity contribution in [1.82, 2.24) is 0 Å². The van der Waals surface area contributed by atoms with Gasteiger partial charge >= 0.3 is 33.6 Å². The van der Waals surface area contributed by atoms with Gasteiger partial charge in [0.25, 0.3) is 0 Å². The summed E-state index contributed by atoms with van der Waals surface area (Å²) < 4.78 is 61.1. The molecule has 0 amide bonds. The summed E-state index contributed by atoms with van der Waals surface area (Å²) in [5.74, 6) is -1.60. The van der Waals surface area contributed by atoms with Crippen molar-refractivity contribution in [1.29, 1.82) is 0 Å². The number of hydrogen-bond donors (Lipinski definition) is 4. The Morgan fingerprint density at radius 3 is 0.848 bits per heavy atom. The average Bonchev–Trinajstić information content (AvgIpc) is 1.57. The number of unbranched alkanes of at least 4 members (excludes halogenated alkanes) is 27. The van der Waals surface area contributed by atoms with Crippen LogP contribution in [0.5, 0.6) is 0 Å². The molecule has 18 heteroatoms. The largest absolute Gasteiger partial charge is 0.472 e. The van der Waals surface area contributed by atoms with E-state index in [-0.39, 0.29) is 19.3 Å². The van der Waals surface area contributed by atoms with Crippen LogP contribution < -0.4 is 0 Å². The van der Waals surface area contributed by atoms with E-state index in [0.29, 0.717) is 19.3 Å². The Hall–Kier alpha value is -4.31. The van der Waals surface area contributed by atoms with Crippen LogP contribution in [0, 0.1) is 0 Å². The third kappa shape index (κ3) is 74.7. The lowest BCUT2D eigenvalue weighted by Crippen LogP contribution is -2.30. The first kappa shape index (κ1) is 94.7. The van der Waals surface area contributed by atoms with Gasteiger partial charge in [-0.1, -0.05) is 302 Å². The molecule has 0 aromatic carbocycles. The molecule has 0 spiro atoms. The summed E-state index contributed by atoms with van der Waals surface area (Å²) in [6, 6.07) is 0. The summed E-state index contributed by atoms with van der Waals surface area (Å²) in [5.41, 5.74) is 0. The number of aliphatic hydroxyl groups excluding tert-OH is 2. The van der Waals surface area contributed by atoms with Crippen LogP contribution in [-0.4, -0.2) is 95.9 Å². The molecule has 0 aliphatic carbocycles. The van der Waals surface area contributed by atoms with Gasteiger partial charge in [-0.05, 0) is 116 Å². The summed E-state index contributed by atoms with van der Waals surface area (Å²) in [6.07, 6.45) is 87.7. The summed E-state index contributed by atoms with van der Waals surface area (Å²) in [7, 11) is -9.80. The molecule has 0 saturated heterocycles. The number of carbonyl (C=O) groups excluding carboxylic acids is 3. The van der Waals surface area contributed by atoms with Gasteiger partial charge in [-0.3, -0.25) is 32.5 Å². The summed E-state index contributed by atoms with van der Waals surface area (Å²) in [6.45, 7) is 2.44. The highest BCUT2D eigenvalue weighted by Gasteiger charge is 2.29. The van der Waals surface area contributed by atoms with Crippen LogP contribution >= 0.6 is 15.6 Å². The molecular formula is C81H138O16P2. The molecule has 0 radical (unpaired) electrons. The number of esters is 3. The lowest BCUT2D eigenvalue weighted by Gasteiger charge is -2.21. The second-order valence-electron chi connectivity index (χ2n) is 25.4. The minimum absolute atomic E-state index is 0.102. The Bertz CT molecular complexity index is 2330. The number of phosphoric acid groups is 2. The molecule has 99 heavy (non-hydrogen) atoms. The molecular weight excluding hydrogens is 1290 g/mol. The van der Waals surface area contributed by atoms with E-state index in [4.69, 9.17) is 32.3 Å². The minimum atomic E-state index is -4.93. The molecule has 4 N–H and O–H groups in total. The first-order chi connectivity index (χ1) is 48.2. The smallest absolute Gasteiger partial charge is 0.463 e. The molecule has 16 nitrogen and oxygen atoms in total. The van der Waals surface area contributed by atoms with E-state index in [0.717, 1.165) is 180 Å². The van der Waals surface area contributed by atoms with Gasteiger partial charge in [0, 0.05) is 19.3 Å². The van der Waals surface area contributed by atoms with Crippen LogP contribution in [0.2, 0.25) is 0 Å². The highest BCUT2D eigenvalue weighted by Crippen LogP contribution is 2.45. The van der Waals surface area contributed by atoms with Crippen molar-refractivity contribution in [2.24, 2.45) is 0 Å². The summed E-state index contributed by atoms with van der Waals surface area (Å²) >= 11 is 0. The van der Waals surface area contributed by atoms with Crippen LogP contribution in [0.3, 0.4) is 0 Å². The van der Waals surface area contributed by atoms with Crippen molar-refractivity contribution < 1.29 is 75.8 Å². The topological polar surface area (TPSA) is 231 Å². The molecule has 0 bridgehead atoms. The first-order valence-corrected chi connectivity index (χ1v) is 41.5. The molecule has 0 aliphatic rings. The van der Waals surface area contributed by atoms with E-state index in [1.165, 1.54) is 64.2 Å². The van der Waals surface area contributed by atoms with Gasteiger partial charge in [-0.2, -0.15) is 0 Å². The molecule has 0 aromatic rings. The van der Waals surface area contributed by atoms with Crippen LogP contribution in [0.25, 0.3) is 0 Å². The van der Waals surface area contributed by atoms with Gasteiger partial charge in [0.1, 0.15) is 25.4 Å². The van der Waals surface area contributed by atoms with Crippen molar-refractivity contribution in [3.05, 3.63) is 134 Å². The molecule has 568 valence electrons. The number of carbonyl (C=O) groups is 3. The van der Waals surface area contributed by atoms with Crippen LogP contribution in [0.15, 0.2) is 134 Å². The standard InChI is InChI=1S/C81H138O16P2/c1-4-7-10-13-16-19-22-25-28-30-32-34-36-37-39-41-42-44-47-49-52-55-58-61-64-67-79(84)91-70-76(82)71-93-98(87,88)94-72-77(83)73-95-99(89,90)96-75-78(97-81(86)69-66-63-60-57-54-51-46-27-24-21-18-15-12-9-6-3)74-92-80(85)68-65-62-59-56-53-50-48-45-43-40-38-35-33-31-29-26-23-20-17-14-11-8-5-2/h7-8,10-11,16-17,19-20,25-26,28-29,32-35,37,39-40,42-44,76-78,82-83H,4-6,9,12-15,18,21-24,27,30-31,36,38,41,45-75H2,1-3H3,(H,87,88)(H,89,90)/b10-7-,11-8-,19-16-,20-17-,28-25-,29-26-,34-32-,35-33-,39-37-,43-40-,44-42-. The Balaban J connectivity index is 4.63. The van der Waals surface area contributed by atoms with E-state index < -0.39 is 91.5 Å². The van der Waals surface area contributed by atoms with E-state index in [1.807, 2.05) is 0 Å². The fraction of sp³-hybridized carbons (Fsp3) is 0.691. The quantitative estimate of drug-likeness (QED) is 0.0146. The van der Waals surface area contributed by atoms with Crippen LogP contribution in [0.1, 0.15) is 303 Å². The van der Waals surface area contributed by atoms with Gasteiger partial charge in [0.15, 0.2) is 6.10 Å². The maximum atomic E-state index is 13.0. The van der Waals surface area contributed by atoms with Gasteiger partial charge in [-0.15, -0.1) is 0 Å². The number of rotatable bonds is 72. The number of allylic oxidation sites excluding steroid dienone is 22. The maximum Gasteiger partial charge on any atom is 0.472 e. The lowest BCUT2D eigenvalue weighted by molar-refractivity contribution is -0.161. The Morgan fingerprint density at radius 2 is 0.535 bits per heavy atom. The second-order valence-corrected chi connectivity index (χ2v) is 28.3. The van der Waals surface area contributed by atoms with Crippen LogP contribution in [0.4, 0.5) is 0 Å². The molecule has 0 fully saturated rings. The molecule has 5 unspecified atom stereocenters. The van der Waals surface area contributed by atoms with E-state index >= 15 is 0 Å². The average molecular weight is 1430 g/mol. The van der Waals surface area contributed by atoms with E-state index in [9.17, 15) is 43.5 Å². The third-order valence-electron chi connectivity index (χ3n) is 15.9. The van der Waals surface area contributed by atoms with Crippen molar-refractivity contribution in [3.8, 4) is 0 Å². The van der Waals surface area contributed by atoms with Crippen molar-refractivity contribution in [3.63, 3.8) is 0 Å². The predicted octanol–water partition coefficient (Wildman–Crippen LogP) is 22.3. The zero-order chi connectivity index (χ0) is 72.3. The Morgan fingerprint density at radius 1 is 0.293 bits per heavy atom. The van der Waals surface area contributed by atoms with Crippen molar-refractivity contribution >= 4 is 33.6 Å². The highest BCUT2D eigenvalue weighted by atomic mass is 31.2. The van der Waals surface area contributed by atoms with Crippen molar-refractivity contribution in [2.75, 3.05) is 39.6 Å². The van der Waals surface area contributed by atoms with E-state index in [1.54, 1.807) is 0 Å². The van der Waals surface area contributed by atoms with Gasteiger partial charge in [-0.25, -0.2) is 9.13 Å². The fourth-order valence-electron chi connectivity index (χ4n) is 10.1. The number of hydrogen-bond acceptors (Lipinski definition) is 14. The molecule has 0 rings (SSSR count). The molecule has 0 heterocycles. The normalized spacial score (nSPS) is 14.8. The first-order valence-electron chi connectivity index (χ1n) is 38.5. The minimum Gasteiger partial charge on any atom is -0.463 e. The van der Waals surface area contributed by atoms with Crippen molar-refractivity contribution in [2.45, 2.75) is 322 Å². The fourth-order valence-corrected chi connectivity index (χ4v) is 11.7. The predicted molar refractivity (Wildman–Crippen MR) is 408 cm³/mol. The monoisotopic (exact) mass is 1430 g/mol. The number of phosphoric ester groups is 2. The molecule has 0 aromatic heterocycles. The molecule has 0 saturated carbocycles. The lowest BCUT2D eigenvalue weighted by atomic mass is 10.0. The number of aliphatic hydroxyl groups is 2. The molecule has 5 atom stereocenters. The van der Waals surface area contributed by atoms with Crippen LogP contribution in [-0.2, 0) is 55.8 Å². The van der Waals surface area contributed by atoms with Gasteiger partial charge in [0.05, 0.1) is 26.4 Å². The zero-order valence-electron chi connectivity index (χ0n) is 61.9. The van der Waals surface area contributed by atoms with Gasteiger partial charge in [0.2, 0.25) is 0 Å². The number of ether oxygens (including phenoxy) is 3. The second kappa shape index (κ2) is 73.4. The zero-order valence-corrected chi connectivity index (χ0v) is 63.7. The Kier molecular flexibility index (Phi) is 70.2. The third-order valence-corrected chi connectivity index (χ3v) is 17.8.